The molecule has 2 aliphatic rings. The number of carbonyl (C=O) groups excluding carboxylic acids is 1. The second-order valence-electron chi connectivity index (χ2n) is 6.71. The largest absolute Gasteiger partial charge is 0.321 e. The molecule has 2 fully saturated rings. The molecule has 1 aromatic rings. The molecule has 1 aliphatic carbocycles. The first kappa shape index (κ1) is 14.9. The Kier molecular flexibility index (Phi) is 3.74. The van der Waals surface area contributed by atoms with Crippen LogP contribution in [0.15, 0.2) is 24.3 Å². The average Bonchev–Trinajstić information content (AvgIpc) is 3.11. The van der Waals surface area contributed by atoms with E-state index in [4.69, 9.17) is 11.6 Å². The van der Waals surface area contributed by atoms with Crippen LogP contribution in [0.1, 0.15) is 45.3 Å². The first-order valence-electron chi connectivity index (χ1n) is 7.79. The summed E-state index contributed by atoms with van der Waals surface area (Å²) in [5, 5.41) is 4.26. The summed E-state index contributed by atoms with van der Waals surface area (Å²) < 4.78 is 0. The van der Waals surface area contributed by atoms with Gasteiger partial charge in [-0.15, -0.1) is 0 Å². The van der Waals surface area contributed by atoms with Crippen LogP contribution in [-0.4, -0.2) is 22.9 Å². The van der Waals surface area contributed by atoms with Crippen molar-refractivity contribution in [2.75, 3.05) is 6.54 Å². The molecule has 4 unspecified atom stereocenters. The highest BCUT2D eigenvalue weighted by atomic mass is 35.5. The fraction of sp³-hybridized carbons (Fsp3) is 0.588. The van der Waals surface area contributed by atoms with Crippen molar-refractivity contribution in [2.45, 2.75) is 45.3 Å². The molecule has 3 rings (SSSR count). The van der Waals surface area contributed by atoms with Crippen LogP contribution in [0, 0.1) is 11.8 Å². The molecule has 114 valence electrons. The van der Waals surface area contributed by atoms with Gasteiger partial charge in [-0.3, -0.25) is 10.1 Å². The fourth-order valence-corrected chi connectivity index (χ4v) is 3.26. The van der Waals surface area contributed by atoms with Gasteiger partial charge in [0.15, 0.2) is 0 Å². The minimum Gasteiger partial charge on any atom is -0.321 e. The monoisotopic (exact) mass is 306 g/mol. The Morgan fingerprint density at radius 1 is 1.38 bits per heavy atom. The molecule has 1 heterocycles. The molecule has 1 saturated heterocycles. The highest BCUT2D eigenvalue weighted by molar-refractivity contribution is 6.30. The normalized spacial score (nSPS) is 35.3. The summed E-state index contributed by atoms with van der Waals surface area (Å²) in [6.07, 6.45) is 2.00. The van der Waals surface area contributed by atoms with Gasteiger partial charge in [-0.05, 0) is 49.3 Å². The van der Waals surface area contributed by atoms with Crippen LogP contribution >= 0.6 is 11.6 Å². The lowest BCUT2D eigenvalue weighted by Gasteiger charge is -2.24. The SMILES string of the molecule is CCC1(C)NC(c2ccc(Cl)cc2)N(CC2CC2C)C1=O. The second-order valence-corrected chi connectivity index (χ2v) is 7.15. The zero-order valence-corrected chi connectivity index (χ0v) is 13.7. The van der Waals surface area contributed by atoms with Crippen LogP contribution in [0.2, 0.25) is 5.02 Å². The maximum Gasteiger partial charge on any atom is 0.244 e. The Hall–Kier alpha value is -1.06. The van der Waals surface area contributed by atoms with Gasteiger partial charge >= 0.3 is 0 Å². The Bertz CT molecular complexity index is 544. The topological polar surface area (TPSA) is 32.3 Å². The highest BCUT2D eigenvalue weighted by Gasteiger charge is 2.49. The van der Waals surface area contributed by atoms with Crippen molar-refractivity contribution >= 4 is 17.5 Å². The van der Waals surface area contributed by atoms with Crippen LogP contribution in [0.3, 0.4) is 0 Å². The van der Waals surface area contributed by atoms with E-state index in [-0.39, 0.29) is 12.1 Å². The Morgan fingerprint density at radius 3 is 2.52 bits per heavy atom. The number of hydrogen-bond acceptors (Lipinski definition) is 2. The molecule has 1 N–H and O–H groups in total. The molecular formula is C17H23ClN2O. The minimum absolute atomic E-state index is 0.0347. The Balaban J connectivity index is 1.88. The number of benzene rings is 1. The van der Waals surface area contributed by atoms with E-state index < -0.39 is 5.54 Å². The van der Waals surface area contributed by atoms with Gasteiger partial charge in [0.2, 0.25) is 5.91 Å². The lowest BCUT2D eigenvalue weighted by molar-refractivity contribution is -0.133. The lowest BCUT2D eigenvalue weighted by atomic mass is 9.99. The zero-order chi connectivity index (χ0) is 15.2. The predicted octanol–water partition coefficient (Wildman–Crippen LogP) is 3.60. The van der Waals surface area contributed by atoms with Crippen molar-refractivity contribution in [3.63, 3.8) is 0 Å². The number of halogens is 1. The summed E-state index contributed by atoms with van der Waals surface area (Å²) in [6.45, 7) is 7.19. The summed E-state index contributed by atoms with van der Waals surface area (Å²) in [5.74, 6) is 1.63. The molecule has 1 aromatic carbocycles. The van der Waals surface area contributed by atoms with E-state index in [1.807, 2.05) is 36.1 Å². The summed E-state index contributed by atoms with van der Waals surface area (Å²) in [4.78, 5) is 14.8. The van der Waals surface area contributed by atoms with Gasteiger partial charge in [-0.1, -0.05) is 37.6 Å². The van der Waals surface area contributed by atoms with Crippen molar-refractivity contribution < 1.29 is 4.79 Å². The second kappa shape index (κ2) is 5.29. The Labute approximate surface area is 131 Å². The summed E-state index contributed by atoms with van der Waals surface area (Å²) in [5.41, 5.74) is 0.654. The standard InChI is InChI=1S/C17H23ClN2O/c1-4-17(3)16(21)20(10-13-9-11(13)2)15(19-17)12-5-7-14(18)8-6-12/h5-8,11,13,15,19H,4,9-10H2,1-3H3. The van der Waals surface area contributed by atoms with Gasteiger partial charge in [-0.2, -0.15) is 0 Å². The van der Waals surface area contributed by atoms with Crippen LogP contribution in [0.4, 0.5) is 0 Å². The number of hydrogen-bond donors (Lipinski definition) is 1. The van der Waals surface area contributed by atoms with E-state index in [2.05, 4.69) is 19.2 Å². The number of nitrogens with one attached hydrogen (secondary N) is 1. The average molecular weight is 307 g/mol. The van der Waals surface area contributed by atoms with Crippen molar-refractivity contribution in [3.05, 3.63) is 34.9 Å². The van der Waals surface area contributed by atoms with E-state index in [1.165, 1.54) is 6.42 Å². The minimum atomic E-state index is -0.456. The number of nitrogens with zero attached hydrogens (tertiary/aromatic N) is 1. The van der Waals surface area contributed by atoms with Gasteiger partial charge in [0, 0.05) is 11.6 Å². The molecule has 4 heteroatoms. The van der Waals surface area contributed by atoms with Crippen LogP contribution < -0.4 is 5.32 Å². The smallest absolute Gasteiger partial charge is 0.244 e. The van der Waals surface area contributed by atoms with Gasteiger partial charge in [-0.25, -0.2) is 0 Å². The van der Waals surface area contributed by atoms with E-state index in [0.717, 1.165) is 29.5 Å². The molecule has 1 aliphatic heterocycles. The first-order chi connectivity index (χ1) is 9.94. The van der Waals surface area contributed by atoms with Gasteiger partial charge in [0.05, 0.1) is 5.54 Å². The fourth-order valence-electron chi connectivity index (χ4n) is 3.13. The van der Waals surface area contributed by atoms with E-state index >= 15 is 0 Å². The van der Waals surface area contributed by atoms with E-state index in [1.54, 1.807) is 0 Å². The molecule has 1 amide bonds. The molecule has 21 heavy (non-hydrogen) atoms. The summed E-state index contributed by atoms with van der Waals surface area (Å²) >= 11 is 5.98. The third-order valence-electron chi connectivity index (χ3n) is 5.10. The first-order valence-corrected chi connectivity index (χ1v) is 8.16. The van der Waals surface area contributed by atoms with Gasteiger partial charge < -0.3 is 4.90 Å². The quantitative estimate of drug-likeness (QED) is 0.922. The van der Waals surface area contributed by atoms with Crippen molar-refractivity contribution in [1.29, 1.82) is 0 Å². The van der Waals surface area contributed by atoms with Crippen molar-refractivity contribution in [3.8, 4) is 0 Å². The van der Waals surface area contributed by atoms with E-state index in [9.17, 15) is 4.79 Å². The number of rotatable bonds is 4. The summed E-state index contributed by atoms with van der Waals surface area (Å²) in [7, 11) is 0. The molecular weight excluding hydrogens is 284 g/mol. The number of carbonyl (C=O) groups is 1. The molecule has 0 bridgehead atoms. The molecule has 0 radical (unpaired) electrons. The molecule has 1 saturated carbocycles. The third kappa shape index (κ3) is 2.69. The maximum absolute atomic E-state index is 12.8. The molecule has 4 atom stereocenters. The van der Waals surface area contributed by atoms with Gasteiger partial charge in [0.25, 0.3) is 0 Å². The zero-order valence-electron chi connectivity index (χ0n) is 12.9. The predicted molar refractivity (Wildman–Crippen MR) is 85.0 cm³/mol. The van der Waals surface area contributed by atoms with Gasteiger partial charge in [0.1, 0.15) is 6.17 Å². The van der Waals surface area contributed by atoms with E-state index in [0.29, 0.717) is 5.92 Å². The third-order valence-corrected chi connectivity index (χ3v) is 5.35. The lowest BCUT2D eigenvalue weighted by Crippen LogP contribution is -2.43. The van der Waals surface area contributed by atoms with Crippen molar-refractivity contribution in [2.24, 2.45) is 11.8 Å². The molecule has 3 nitrogen and oxygen atoms in total. The maximum atomic E-state index is 12.8. The number of amides is 1. The molecule has 0 spiro atoms. The van der Waals surface area contributed by atoms with Crippen LogP contribution in [0.5, 0.6) is 0 Å². The van der Waals surface area contributed by atoms with Crippen molar-refractivity contribution in [1.82, 2.24) is 10.2 Å². The van der Waals surface area contributed by atoms with Crippen LogP contribution in [-0.2, 0) is 4.79 Å². The van der Waals surface area contributed by atoms with Crippen LogP contribution in [0.25, 0.3) is 0 Å². The molecule has 0 aromatic heterocycles. The Morgan fingerprint density at radius 2 is 2.00 bits per heavy atom. The summed E-state index contributed by atoms with van der Waals surface area (Å²) in [6, 6.07) is 7.81. The highest BCUT2D eigenvalue weighted by Crippen LogP contribution is 2.42.